The second kappa shape index (κ2) is 4.85. The number of halogens is 1. The van der Waals surface area contributed by atoms with Crippen LogP contribution in [0, 0.1) is 0 Å². The fraction of sp³-hybridized carbons (Fsp3) is 0.417. The minimum Gasteiger partial charge on any atom is -0.359 e. The van der Waals surface area contributed by atoms with Gasteiger partial charge in [-0.3, -0.25) is 0 Å². The Morgan fingerprint density at radius 3 is 3.06 bits per heavy atom. The van der Waals surface area contributed by atoms with Crippen molar-refractivity contribution in [3.63, 3.8) is 0 Å². The van der Waals surface area contributed by atoms with Gasteiger partial charge in [0.2, 0.25) is 0 Å². The summed E-state index contributed by atoms with van der Waals surface area (Å²) in [5.41, 5.74) is 1.01. The quantitative estimate of drug-likeness (QED) is 0.797. The molecule has 2 rings (SSSR count). The van der Waals surface area contributed by atoms with E-state index in [1.165, 1.54) is 0 Å². The fourth-order valence-corrected chi connectivity index (χ4v) is 2.28. The molecule has 0 radical (unpaired) electrons. The van der Waals surface area contributed by atoms with Crippen LogP contribution in [0.15, 0.2) is 24.3 Å². The number of piperazine rings is 1. The molecule has 0 saturated carbocycles. The molecule has 4 heteroatoms. The number of carbonyl (C=O) groups excluding carboxylic acids is 1. The summed E-state index contributed by atoms with van der Waals surface area (Å²) in [6.45, 7) is 3.74. The van der Waals surface area contributed by atoms with Crippen molar-refractivity contribution < 1.29 is 4.79 Å². The maximum Gasteiger partial charge on any atom is 0.143 e. The number of rotatable bonds is 2. The summed E-state index contributed by atoms with van der Waals surface area (Å²) in [7, 11) is 0. The van der Waals surface area contributed by atoms with Gasteiger partial charge in [-0.25, -0.2) is 0 Å². The highest BCUT2D eigenvalue weighted by molar-refractivity contribution is 6.30. The molecule has 1 unspecified atom stereocenters. The minimum absolute atomic E-state index is 0.118. The van der Waals surface area contributed by atoms with Crippen LogP contribution in [0.2, 0.25) is 5.02 Å². The van der Waals surface area contributed by atoms with Crippen LogP contribution in [-0.4, -0.2) is 31.5 Å². The van der Waals surface area contributed by atoms with Crippen LogP contribution >= 0.6 is 11.6 Å². The molecule has 86 valence electrons. The van der Waals surface area contributed by atoms with Gasteiger partial charge in [0.05, 0.1) is 6.04 Å². The van der Waals surface area contributed by atoms with E-state index >= 15 is 0 Å². The monoisotopic (exact) mass is 238 g/mol. The van der Waals surface area contributed by atoms with Crippen LogP contribution in [0.1, 0.15) is 6.92 Å². The number of nitrogens with zero attached hydrogens (tertiary/aromatic N) is 1. The highest BCUT2D eigenvalue weighted by atomic mass is 35.5. The SMILES string of the molecule is C[C@H]1NCCN(c2cccc(Cl)c2)C1C=O. The zero-order valence-corrected chi connectivity index (χ0v) is 9.95. The maximum absolute atomic E-state index is 11.1. The van der Waals surface area contributed by atoms with E-state index in [-0.39, 0.29) is 12.1 Å². The fourth-order valence-electron chi connectivity index (χ4n) is 2.10. The van der Waals surface area contributed by atoms with E-state index in [1.807, 2.05) is 31.2 Å². The van der Waals surface area contributed by atoms with Gasteiger partial charge in [0.25, 0.3) is 0 Å². The number of hydrogen-bond acceptors (Lipinski definition) is 3. The van der Waals surface area contributed by atoms with Crippen LogP contribution in [-0.2, 0) is 4.79 Å². The lowest BCUT2D eigenvalue weighted by Gasteiger charge is -2.39. The molecule has 0 amide bonds. The summed E-state index contributed by atoms with van der Waals surface area (Å²) in [6.07, 6.45) is 0.998. The minimum atomic E-state index is -0.118. The topological polar surface area (TPSA) is 32.3 Å². The number of nitrogens with one attached hydrogen (secondary N) is 1. The van der Waals surface area contributed by atoms with Crippen molar-refractivity contribution >= 4 is 23.6 Å². The third-order valence-corrected chi connectivity index (χ3v) is 3.21. The first-order chi connectivity index (χ1) is 7.72. The molecule has 1 aliphatic rings. The lowest BCUT2D eigenvalue weighted by atomic mass is 10.1. The lowest BCUT2D eigenvalue weighted by Crippen LogP contribution is -2.57. The number of benzene rings is 1. The highest BCUT2D eigenvalue weighted by Gasteiger charge is 2.27. The smallest absolute Gasteiger partial charge is 0.143 e. The Hall–Kier alpha value is -1.06. The van der Waals surface area contributed by atoms with Gasteiger partial charge < -0.3 is 15.0 Å². The van der Waals surface area contributed by atoms with Gasteiger partial charge in [-0.05, 0) is 25.1 Å². The predicted octanol–water partition coefficient (Wildman–Crippen LogP) is 1.71. The van der Waals surface area contributed by atoms with Gasteiger partial charge in [-0.2, -0.15) is 0 Å². The van der Waals surface area contributed by atoms with Crippen LogP contribution in [0.3, 0.4) is 0 Å². The van der Waals surface area contributed by atoms with E-state index in [9.17, 15) is 4.79 Å². The van der Waals surface area contributed by atoms with Gasteiger partial charge >= 0.3 is 0 Å². The van der Waals surface area contributed by atoms with Crippen LogP contribution < -0.4 is 10.2 Å². The summed E-state index contributed by atoms with van der Waals surface area (Å²) in [5.74, 6) is 0. The summed E-state index contributed by atoms with van der Waals surface area (Å²) in [6, 6.07) is 7.69. The Bertz CT molecular complexity index is 383. The van der Waals surface area contributed by atoms with Crippen molar-refractivity contribution in [1.82, 2.24) is 5.32 Å². The van der Waals surface area contributed by atoms with E-state index in [2.05, 4.69) is 10.2 Å². The third kappa shape index (κ3) is 2.20. The molecular weight excluding hydrogens is 224 g/mol. The summed E-state index contributed by atoms with van der Waals surface area (Å²) in [5, 5.41) is 3.99. The Kier molecular flexibility index (Phi) is 3.46. The molecule has 1 N–H and O–H groups in total. The van der Waals surface area contributed by atoms with Crippen LogP contribution in [0.4, 0.5) is 5.69 Å². The first kappa shape index (κ1) is 11.4. The molecule has 1 aromatic carbocycles. The molecule has 1 heterocycles. The lowest BCUT2D eigenvalue weighted by molar-refractivity contribution is -0.109. The molecule has 2 atom stereocenters. The highest BCUT2D eigenvalue weighted by Crippen LogP contribution is 2.23. The van der Waals surface area contributed by atoms with Gasteiger partial charge in [0, 0.05) is 29.8 Å². The Labute approximate surface area is 100 Å². The number of carbonyl (C=O) groups is 1. The van der Waals surface area contributed by atoms with Crippen LogP contribution in [0.5, 0.6) is 0 Å². The summed E-state index contributed by atoms with van der Waals surface area (Å²) in [4.78, 5) is 13.2. The van der Waals surface area contributed by atoms with E-state index in [4.69, 9.17) is 11.6 Å². The van der Waals surface area contributed by atoms with Crippen molar-refractivity contribution in [1.29, 1.82) is 0 Å². The van der Waals surface area contributed by atoms with Gasteiger partial charge in [-0.1, -0.05) is 17.7 Å². The first-order valence-corrected chi connectivity index (χ1v) is 5.81. The van der Waals surface area contributed by atoms with Crippen molar-refractivity contribution in [3.8, 4) is 0 Å². The number of aldehydes is 1. The molecule has 1 aliphatic heterocycles. The third-order valence-electron chi connectivity index (χ3n) is 2.97. The number of anilines is 1. The molecule has 0 bridgehead atoms. The normalized spacial score (nSPS) is 25.5. The molecule has 1 saturated heterocycles. The molecule has 16 heavy (non-hydrogen) atoms. The van der Waals surface area contributed by atoms with Crippen molar-refractivity contribution in [3.05, 3.63) is 29.3 Å². The molecule has 1 aromatic rings. The summed E-state index contributed by atoms with van der Waals surface area (Å²) < 4.78 is 0. The van der Waals surface area contributed by atoms with E-state index in [0.29, 0.717) is 5.02 Å². The first-order valence-electron chi connectivity index (χ1n) is 5.43. The second-order valence-corrected chi connectivity index (χ2v) is 4.48. The average Bonchev–Trinajstić information content (AvgIpc) is 2.28. The Morgan fingerprint density at radius 2 is 2.38 bits per heavy atom. The van der Waals surface area contributed by atoms with E-state index < -0.39 is 0 Å². The van der Waals surface area contributed by atoms with Crippen molar-refractivity contribution in [2.45, 2.75) is 19.0 Å². The average molecular weight is 239 g/mol. The Morgan fingerprint density at radius 1 is 1.56 bits per heavy atom. The Balaban J connectivity index is 2.27. The molecule has 0 spiro atoms. The standard InChI is InChI=1S/C12H15ClN2O/c1-9-12(8-16)15(6-5-14-9)11-4-2-3-10(13)7-11/h2-4,7-9,12,14H,5-6H2,1H3/t9-,12?/m1/s1. The number of hydrogen-bond donors (Lipinski definition) is 1. The second-order valence-electron chi connectivity index (χ2n) is 4.04. The van der Waals surface area contributed by atoms with Crippen LogP contribution in [0.25, 0.3) is 0 Å². The maximum atomic E-state index is 11.1. The largest absolute Gasteiger partial charge is 0.359 e. The van der Waals surface area contributed by atoms with E-state index in [1.54, 1.807) is 0 Å². The van der Waals surface area contributed by atoms with E-state index in [0.717, 1.165) is 25.1 Å². The van der Waals surface area contributed by atoms with Gasteiger partial charge in [-0.15, -0.1) is 0 Å². The zero-order valence-electron chi connectivity index (χ0n) is 9.19. The molecular formula is C12H15ClN2O. The molecule has 0 aliphatic carbocycles. The molecule has 3 nitrogen and oxygen atoms in total. The van der Waals surface area contributed by atoms with Crippen molar-refractivity contribution in [2.75, 3.05) is 18.0 Å². The zero-order chi connectivity index (χ0) is 11.5. The van der Waals surface area contributed by atoms with Gasteiger partial charge in [0.1, 0.15) is 6.29 Å². The molecule has 0 aromatic heterocycles. The predicted molar refractivity (Wildman–Crippen MR) is 66.1 cm³/mol. The summed E-state index contributed by atoms with van der Waals surface area (Å²) >= 11 is 5.96. The molecule has 1 fully saturated rings. The van der Waals surface area contributed by atoms with Gasteiger partial charge in [0.15, 0.2) is 0 Å². The van der Waals surface area contributed by atoms with Crippen molar-refractivity contribution in [2.24, 2.45) is 0 Å².